The van der Waals surface area contributed by atoms with Gasteiger partial charge in [0, 0.05) is 31.8 Å². The smallest absolute Gasteiger partial charge is 0.329 e. The summed E-state index contributed by atoms with van der Waals surface area (Å²) in [7, 11) is 1.66. The van der Waals surface area contributed by atoms with Crippen LogP contribution in [0.3, 0.4) is 0 Å². The van der Waals surface area contributed by atoms with Crippen molar-refractivity contribution >= 4 is 24.2 Å². The van der Waals surface area contributed by atoms with E-state index in [0.29, 0.717) is 37.9 Å². The number of carbonyl (C=O) groups excluding carboxylic acids is 4. The molecule has 1 aromatic rings. The number of hydrogen-bond acceptors (Lipinski definition) is 7. The molecular formula is C40H69N5O5. The van der Waals surface area contributed by atoms with Crippen LogP contribution in [0.25, 0.3) is 0 Å². The topological polar surface area (TPSA) is 102 Å². The summed E-state index contributed by atoms with van der Waals surface area (Å²) in [6.45, 7) is 23.9. The molecule has 2 aliphatic heterocycles. The quantitative estimate of drug-likeness (QED) is 0.135. The lowest BCUT2D eigenvalue weighted by atomic mass is 9.99. The standard InChI is InChI=1S/C29H44N4O5.C8H17N.C3H8/c1-7-32(8-2)19-26(23-13-10-9-11-14-23)38-29(37)24-15-12-16-33(24)28(36)22(5)17-25(21(3)4)31(6)27(35)18-30-20-34;1-8(2)9-6-4-3-5-7-9;1-3-2/h9-11,13-14,17,20-21,24-26H,7-8,12,15-16,18-19H2,1-6H3,(H,30,34);8H,3-7H2,1-2H3;3H2,1-2H3/b22-17+;;/t24-,25+,26?;;/m0../s1. The highest BCUT2D eigenvalue weighted by Crippen LogP contribution is 2.26. The van der Waals surface area contributed by atoms with Gasteiger partial charge in [-0.05, 0) is 84.1 Å². The minimum absolute atomic E-state index is 0.0361. The summed E-state index contributed by atoms with van der Waals surface area (Å²) in [4.78, 5) is 57.8. The Morgan fingerprint density at radius 1 is 0.940 bits per heavy atom. The van der Waals surface area contributed by atoms with Crippen LogP contribution in [0.5, 0.6) is 0 Å². The average molecular weight is 700 g/mol. The number of nitrogens with one attached hydrogen (secondary N) is 1. The second-order valence-electron chi connectivity index (χ2n) is 14.0. The van der Waals surface area contributed by atoms with Crippen LogP contribution in [0.15, 0.2) is 42.0 Å². The molecule has 3 atom stereocenters. The summed E-state index contributed by atoms with van der Waals surface area (Å²) in [5, 5.41) is 2.39. The Kier molecular flexibility index (Phi) is 22.2. The molecule has 3 amide bonds. The zero-order valence-electron chi connectivity index (χ0n) is 33.0. The fourth-order valence-corrected chi connectivity index (χ4v) is 6.23. The number of carbonyl (C=O) groups is 4. The van der Waals surface area contributed by atoms with Crippen LogP contribution in [-0.2, 0) is 23.9 Å². The Balaban J connectivity index is 0.000000878. The van der Waals surface area contributed by atoms with Crippen molar-refractivity contribution in [2.24, 2.45) is 5.92 Å². The van der Waals surface area contributed by atoms with Gasteiger partial charge in [0.2, 0.25) is 18.2 Å². The molecule has 10 nitrogen and oxygen atoms in total. The van der Waals surface area contributed by atoms with E-state index in [1.54, 1.807) is 24.9 Å². The van der Waals surface area contributed by atoms with Crippen LogP contribution in [0, 0.1) is 5.92 Å². The molecular weight excluding hydrogens is 630 g/mol. The van der Waals surface area contributed by atoms with E-state index >= 15 is 0 Å². The summed E-state index contributed by atoms with van der Waals surface area (Å²) in [5.41, 5.74) is 1.39. The largest absolute Gasteiger partial charge is 0.455 e. The van der Waals surface area contributed by atoms with Crippen molar-refractivity contribution in [3.05, 3.63) is 47.5 Å². The van der Waals surface area contributed by atoms with Crippen LogP contribution in [0.1, 0.15) is 113 Å². The van der Waals surface area contributed by atoms with E-state index in [1.807, 2.05) is 44.2 Å². The first-order valence-corrected chi connectivity index (χ1v) is 19.0. The molecule has 1 N–H and O–H groups in total. The third kappa shape index (κ3) is 15.3. The summed E-state index contributed by atoms with van der Waals surface area (Å²) in [6.07, 6.45) is 8.63. The Morgan fingerprint density at radius 3 is 2.04 bits per heavy atom. The number of esters is 1. The highest BCUT2D eigenvalue weighted by atomic mass is 16.5. The van der Waals surface area contributed by atoms with Gasteiger partial charge in [-0.1, -0.05) is 90.8 Å². The molecule has 1 aromatic carbocycles. The molecule has 0 radical (unpaired) electrons. The summed E-state index contributed by atoms with van der Waals surface area (Å²) >= 11 is 0. The second-order valence-corrected chi connectivity index (χ2v) is 14.0. The van der Waals surface area contributed by atoms with Crippen molar-refractivity contribution in [3.8, 4) is 0 Å². The first-order chi connectivity index (χ1) is 23.9. The molecule has 3 rings (SSSR count). The molecule has 0 spiro atoms. The number of amides is 3. The lowest BCUT2D eigenvalue weighted by Gasteiger charge is -2.31. The molecule has 0 aromatic heterocycles. The molecule has 2 fully saturated rings. The van der Waals surface area contributed by atoms with Gasteiger partial charge in [0.15, 0.2) is 0 Å². The average Bonchev–Trinajstić information content (AvgIpc) is 3.62. The summed E-state index contributed by atoms with van der Waals surface area (Å²) < 4.78 is 6.06. The number of benzene rings is 1. The van der Waals surface area contributed by atoms with E-state index in [2.05, 4.69) is 56.7 Å². The minimum atomic E-state index is -0.651. The molecule has 2 saturated heterocycles. The second kappa shape index (κ2) is 24.8. The van der Waals surface area contributed by atoms with E-state index in [-0.39, 0.29) is 30.3 Å². The Bertz CT molecular complexity index is 1150. The maximum atomic E-state index is 13.5. The van der Waals surface area contributed by atoms with Gasteiger partial charge in [-0.2, -0.15) is 0 Å². The lowest BCUT2D eigenvalue weighted by molar-refractivity contribution is -0.158. The van der Waals surface area contributed by atoms with E-state index in [1.165, 1.54) is 43.7 Å². The fraction of sp³-hybridized carbons (Fsp3) is 0.700. The number of likely N-dealkylation sites (tertiary alicyclic amines) is 2. The van der Waals surface area contributed by atoms with Crippen molar-refractivity contribution in [1.82, 2.24) is 24.9 Å². The highest BCUT2D eigenvalue weighted by Gasteiger charge is 2.37. The van der Waals surface area contributed by atoms with Crippen LogP contribution in [0.4, 0.5) is 0 Å². The molecule has 2 heterocycles. The Morgan fingerprint density at radius 2 is 1.54 bits per heavy atom. The Labute approximate surface area is 303 Å². The van der Waals surface area contributed by atoms with Gasteiger partial charge in [0.25, 0.3) is 0 Å². The van der Waals surface area contributed by atoms with E-state index in [9.17, 15) is 19.2 Å². The maximum Gasteiger partial charge on any atom is 0.329 e. The third-order valence-electron chi connectivity index (χ3n) is 9.27. The first-order valence-electron chi connectivity index (χ1n) is 19.0. The van der Waals surface area contributed by atoms with Gasteiger partial charge in [-0.15, -0.1) is 0 Å². The molecule has 0 aliphatic carbocycles. The zero-order chi connectivity index (χ0) is 37.6. The fourth-order valence-electron chi connectivity index (χ4n) is 6.23. The predicted molar refractivity (Wildman–Crippen MR) is 204 cm³/mol. The molecule has 0 saturated carbocycles. The predicted octanol–water partition coefficient (Wildman–Crippen LogP) is 6.08. The van der Waals surface area contributed by atoms with E-state index in [0.717, 1.165) is 24.7 Å². The van der Waals surface area contributed by atoms with Crippen LogP contribution < -0.4 is 5.32 Å². The van der Waals surface area contributed by atoms with Gasteiger partial charge in [-0.3, -0.25) is 19.3 Å². The van der Waals surface area contributed by atoms with Gasteiger partial charge in [0.1, 0.15) is 12.1 Å². The summed E-state index contributed by atoms with van der Waals surface area (Å²) in [5.74, 6) is -0.844. The van der Waals surface area contributed by atoms with Crippen molar-refractivity contribution in [1.29, 1.82) is 0 Å². The number of hydrogen-bond donors (Lipinski definition) is 1. The van der Waals surface area contributed by atoms with Crippen molar-refractivity contribution in [3.63, 3.8) is 0 Å². The lowest BCUT2D eigenvalue weighted by Crippen LogP contribution is -2.45. The molecule has 10 heteroatoms. The minimum Gasteiger partial charge on any atom is -0.455 e. The first kappa shape index (κ1) is 44.8. The summed E-state index contributed by atoms with van der Waals surface area (Å²) in [6, 6.07) is 9.48. The van der Waals surface area contributed by atoms with Gasteiger partial charge < -0.3 is 24.8 Å². The number of piperidine rings is 1. The number of rotatable bonds is 15. The molecule has 2 aliphatic rings. The number of likely N-dealkylation sites (N-methyl/N-ethyl adjacent to an activating group) is 2. The van der Waals surface area contributed by atoms with Gasteiger partial charge in [-0.25, -0.2) is 4.79 Å². The zero-order valence-corrected chi connectivity index (χ0v) is 33.0. The molecule has 0 bridgehead atoms. The number of nitrogens with zero attached hydrogens (tertiary/aromatic N) is 4. The Hall–Kier alpha value is -3.24. The number of ether oxygens (including phenoxy) is 1. The highest BCUT2D eigenvalue weighted by molar-refractivity contribution is 5.96. The molecule has 50 heavy (non-hydrogen) atoms. The third-order valence-corrected chi connectivity index (χ3v) is 9.27. The molecule has 284 valence electrons. The van der Waals surface area contributed by atoms with Crippen molar-refractivity contribution in [2.75, 3.05) is 52.9 Å². The normalized spacial score (nSPS) is 17.7. The van der Waals surface area contributed by atoms with Crippen molar-refractivity contribution in [2.45, 2.75) is 125 Å². The van der Waals surface area contributed by atoms with Gasteiger partial charge in [0.05, 0.1) is 12.6 Å². The maximum absolute atomic E-state index is 13.5. The van der Waals surface area contributed by atoms with Crippen LogP contribution in [-0.4, -0.2) is 115 Å². The monoisotopic (exact) mass is 700 g/mol. The molecule has 1 unspecified atom stereocenters. The van der Waals surface area contributed by atoms with E-state index < -0.39 is 18.1 Å². The SMILES string of the molecule is CC(C)N1CCCCC1.CCC.CCN(CC)CC(OC(=O)[C@@H]1CCCN1C(=O)/C(C)=C/[C@H](C(C)C)N(C)C(=O)CNC=O)c1ccccc1. The van der Waals surface area contributed by atoms with Crippen LogP contribution in [0.2, 0.25) is 0 Å². The van der Waals surface area contributed by atoms with Gasteiger partial charge >= 0.3 is 5.97 Å². The van der Waals surface area contributed by atoms with Crippen LogP contribution >= 0.6 is 0 Å². The van der Waals surface area contributed by atoms with E-state index in [4.69, 9.17) is 4.74 Å². The van der Waals surface area contributed by atoms with Crippen molar-refractivity contribution < 1.29 is 23.9 Å².